The number of fused-ring (bicyclic) bond motifs is 1. The molecule has 3 rings (SSSR count). The number of ether oxygens (including phenoxy) is 1. The number of rotatable bonds is 5. The van der Waals surface area contributed by atoms with Gasteiger partial charge in [0.2, 0.25) is 0 Å². The predicted molar refractivity (Wildman–Crippen MR) is 84.7 cm³/mol. The highest BCUT2D eigenvalue weighted by atomic mass is 16.5. The number of hydrogen-bond donors (Lipinski definition) is 2. The number of benzene rings is 2. The molecule has 0 bridgehead atoms. The van der Waals surface area contributed by atoms with E-state index in [1.165, 1.54) is 0 Å². The van der Waals surface area contributed by atoms with Crippen LogP contribution in [-0.4, -0.2) is 29.6 Å². The first-order valence-corrected chi connectivity index (χ1v) is 7.48. The summed E-state index contributed by atoms with van der Waals surface area (Å²) in [7, 11) is 0. The molecule has 1 heterocycles. The van der Waals surface area contributed by atoms with E-state index in [4.69, 9.17) is 9.84 Å². The number of carboxylic acids is 1. The maximum absolute atomic E-state index is 12.1. The first-order valence-electron chi connectivity index (χ1n) is 7.48. The summed E-state index contributed by atoms with van der Waals surface area (Å²) in [6, 6.07) is 14.4. The molecule has 0 saturated heterocycles. The molecule has 1 atom stereocenters. The Hall–Kier alpha value is -2.82. The van der Waals surface area contributed by atoms with Crippen LogP contribution in [0.3, 0.4) is 0 Å². The standard InChI is InChI=1S/C18H17NO4/c20-17(16-11-13-5-1-2-7-15(13)23-16)19-9-8-12-4-3-6-14(10-12)18(21)22/h1-7,10,16H,8-9,11H2,(H,19,20)(H,21,22)/t16-/m1/s1. The van der Waals surface area contributed by atoms with Crippen LogP contribution in [0.1, 0.15) is 21.5 Å². The molecule has 23 heavy (non-hydrogen) atoms. The van der Waals surface area contributed by atoms with Crippen molar-refractivity contribution in [1.82, 2.24) is 5.32 Å². The molecular formula is C18H17NO4. The molecule has 1 aliphatic heterocycles. The molecule has 0 spiro atoms. The zero-order valence-electron chi connectivity index (χ0n) is 12.5. The summed E-state index contributed by atoms with van der Waals surface area (Å²) in [5.41, 5.74) is 2.17. The smallest absolute Gasteiger partial charge is 0.335 e. The van der Waals surface area contributed by atoms with Crippen molar-refractivity contribution < 1.29 is 19.4 Å². The van der Waals surface area contributed by atoms with Crippen LogP contribution in [0.15, 0.2) is 48.5 Å². The van der Waals surface area contributed by atoms with Gasteiger partial charge in [0, 0.05) is 13.0 Å². The Morgan fingerprint density at radius 3 is 2.78 bits per heavy atom. The molecule has 0 fully saturated rings. The van der Waals surface area contributed by atoms with Crippen molar-refractivity contribution in [3.63, 3.8) is 0 Å². The van der Waals surface area contributed by atoms with E-state index in [1.807, 2.05) is 30.3 Å². The topological polar surface area (TPSA) is 75.6 Å². The van der Waals surface area contributed by atoms with Gasteiger partial charge in [0.05, 0.1) is 5.56 Å². The molecule has 0 radical (unpaired) electrons. The number of nitrogens with one attached hydrogen (secondary N) is 1. The van der Waals surface area contributed by atoms with E-state index in [2.05, 4.69) is 5.32 Å². The summed E-state index contributed by atoms with van der Waals surface area (Å²) in [4.78, 5) is 23.1. The van der Waals surface area contributed by atoms with Crippen molar-refractivity contribution in [2.45, 2.75) is 18.9 Å². The van der Waals surface area contributed by atoms with Crippen LogP contribution in [0, 0.1) is 0 Å². The normalized spacial score (nSPS) is 15.6. The Labute approximate surface area is 133 Å². The SMILES string of the molecule is O=C(O)c1cccc(CCNC(=O)[C@H]2Cc3ccccc3O2)c1. The van der Waals surface area contributed by atoms with E-state index in [9.17, 15) is 9.59 Å². The van der Waals surface area contributed by atoms with Gasteiger partial charge in [-0.15, -0.1) is 0 Å². The van der Waals surface area contributed by atoms with Gasteiger partial charge in [0.15, 0.2) is 6.10 Å². The van der Waals surface area contributed by atoms with Gasteiger partial charge in [0.1, 0.15) is 5.75 Å². The minimum Gasteiger partial charge on any atom is -0.480 e. The molecule has 5 nitrogen and oxygen atoms in total. The Balaban J connectivity index is 1.51. The van der Waals surface area contributed by atoms with Crippen molar-refractivity contribution in [3.8, 4) is 5.75 Å². The number of aromatic carboxylic acids is 1. The van der Waals surface area contributed by atoms with Gasteiger partial charge < -0.3 is 15.2 Å². The van der Waals surface area contributed by atoms with Gasteiger partial charge in [-0.05, 0) is 35.7 Å². The fourth-order valence-corrected chi connectivity index (χ4v) is 2.63. The summed E-state index contributed by atoms with van der Waals surface area (Å²) in [6.07, 6.45) is 0.668. The van der Waals surface area contributed by atoms with Crippen molar-refractivity contribution in [2.75, 3.05) is 6.54 Å². The third-order valence-corrected chi connectivity index (χ3v) is 3.83. The second-order valence-corrected chi connectivity index (χ2v) is 5.46. The van der Waals surface area contributed by atoms with E-state index < -0.39 is 12.1 Å². The van der Waals surface area contributed by atoms with Crippen molar-refractivity contribution in [2.24, 2.45) is 0 Å². The number of hydrogen-bond acceptors (Lipinski definition) is 3. The minimum absolute atomic E-state index is 0.143. The summed E-state index contributed by atoms with van der Waals surface area (Å²) in [5.74, 6) is -0.328. The predicted octanol–water partition coefficient (Wildman–Crippen LogP) is 2.05. The van der Waals surface area contributed by atoms with Crippen LogP contribution in [0.5, 0.6) is 5.75 Å². The van der Waals surface area contributed by atoms with E-state index in [0.717, 1.165) is 16.9 Å². The van der Waals surface area contributed by atoms with Crippen LogP contribution >= 0.6 is 0 Å². The zero-order valence-corrected chi connectivity index (χ0v) is 12.5. The third kappa shape index (κ3) is 3.51. The molecule has 0 aliphatic carbocycles. The monoisotopic (exact) mass is 311 g/mol. The Morgan fingerprint density at radius 2 is 2.00 bits per heavy atom. The van der Waals surface area contributed by atoms with E-state index >= 15 is 0 Å². The van der Waals surface area contributed by atoms with Gasteiger partial charge >= 0.3 is 5.97 Å². The molecule has 1 aliphatic rings. The molecule has 1 amide bonds. The van der Waals surface area contributed by atoms with E-state index in [0.29, 0.717) is 19.4 Å². The summed E-state index contributed by atoms with van der Waals surface area (Å²) in [5, 5.41) is 11.8. The highest BCUT2D eigenvalue weighted by Gasteiger charge is 2.28. The number of carboxylic acid groups (broad SMARTS) is 1. The quantitative estimate of drug-likeness (QED) is 0.886. The lowest BCUT2D eigenvalue weighted by atomic mass is 10.1. The second kappa shape index (κ2) is 6.52. The molecule has 2 aromatic rings. The first-order chi connectivity index (χ1) is 11.1. The highest BCUT2D eigenvalue weighted by Crippen LogP contribution is 2.28. The maximum Gasteiger partial charge on any atom is 0.335 e. The van der Waals surface area contributed by atoms with E-state index in [-0.39, 0.29) is 11.5 Å². The zero-order chi connectivity index (χ0) is 16.2. The van der Waals surface area contributed by atoms with Gasteiger partial charge in [-0.3, -0.25) is 4.79 Å². The summed E-state index contributed by atoms with van der Waals surface area (Å²) >= 11 is 0. The maximum atomic E-state index is 12.1. The number of para-hydroxylation sites is 1. The average Bonchev–Trinajstić information content (AvgIpc) is 2.99. The van der Waals surface area contributed by atoms with Gasteiger partial charge in [-0.25, -0.2) is 4.79 Å². The first kappa shape index (κ1) is 15.1. The molecule has 0 saturated carbocycles. The molecule has 2 N–H and O–H groups in total. The van der Waals surface area contributed by atoms with Gasteiger partial charge in [0.25, 0.3) is 5.91 Å². The molecular weight excluding hydrogens is 294 g/mol. The molecule has 0 aromatic heterocycles. The fourth-order valence-electron chi connectivity index (χ4n) is 2.63. The highest BCUT2D eigenvalue weighted by molar-refractivity contribution is 5.87. The second-order valence-electron chi connectivity index (χ2n) is 5.46. The number of carbonyl (C=O) groups is 2. The lowest BCUT2D eigenvalue weighted by Crippen LogP contribution is -2.38. The molecule has 5 heteroatoms. The molecule has 118 valence electrons. The van der Waals surface area contributed by atoms with E-state index in [1.54, 1.807) is 18.2 Å². The number of amides is 1. The minimum atomic E-state index is -0.951. The van der Waals surface area contributed by atoms with Gasteiger partial charge in [-0.1, -0.05) is 30.3 Å². The Morgan fingerprint density at radius 1 is 1.17 bits per heavy atom. The average molecular weight is 311 g/mol. The summed E-state index contributed by atoms with van der Waals surface area (Å²) < 4.78 is 5.63. The largest absolute Gasteiger partial charge is 0.480 e. The molecule has 2 aromatic carbocycles. The molecule has 0 unspecified atom stereocenters. The lowest BCUT2D eigenvalue weighted by Gasteiger charge is -2.11. The van der Waals surface area contributed by atoms with Crippen molar-refractivity contribution >= 4 is 11.9 Å². The van der Waals surface area contributed by atoms with Crippen LogP contribution in [0.2, 0.25) is 0 Å². The Bertz CT molecular complexity index is 716. The van der Waals surface area contributed by atoms with Crippen LogP contribution < -0.4 is 10.1 Å². The van der Waals surface area contributed by atoms with Crippen LogP contribution in [0.4, 0.5) is 0 Å². The van der Waals surface area contributed by atoms with Crippen LogP contribution in [0.25, 0.3) is 0 Å². The van der Waals surface area contributed by atoms with Gasteiger partial charge in [-0.2, -0.15) is 0 Å². The van der Waals surface area contributed by atoms with Crippen molar-refractivity contribution in [1.29, 1.82) is 0 Å². The van der Waals surface area contributed by atoms with Crippen molar-refractivity contribution in [3.05, 3.63) is 65.2 Å². The third-order valence-electron chi connectivity index (χ3n) is 3.83. The number of carbonyl (C=O) groups excluding carboxylic acids is 1. The Kier molecular flexibility index (Phi) is 4.28. The fraction of sp³-hybridized carbons (Fsp3) is 0.222. The lowest BCUT2D eigenvalue weighted by molar-refractivity contribution is -0.127. The summed E-state index contributed by atoms with van der Waals surface area (Å²) in [6.45, 7) is 0.443. The van der Waals surface area contributed by atoms with Crippen LogP contribution in [-0.2, 0) is 17.6 Å².